The number of rotatable bonds is 3. The topological polar surface area (TPSA) is 171 Å². The minimum Gasteiger partial charge on any atom is -0.507 e. The Morgan fingerprint density at radius 1 is 0.867 bits per heavy atom. The fourth-order valence-electron chi connectivity index (χ4n) is 3.15. The summed E-state index contributed by atoms with van der Waals surface area (Å²) < 4.78 is 16.7. The number of aliphatic hydroxyl groups excluding tert-OH is 3. The summed E-state index contributed by atoms with van der Waals surface area (Å²) in [5.74, 6) is -1.37. The molecule has 4 rings (SSSR count). The Balaban J connectivity index is 1.84. The standard InChI is InChI=1S/C20H18O10/c21-9-4-12(23)10-6-16(30-20-18(27)17(26)14(25)7-28-20)19(29-15(10)5-9)8-1-2-11(22)13(24)3-8/h1-6,14,17-18,20,25-27H,7H2,(H3-,21,22,23,24)/p+1/t14-,17-,18+,20?/m0/s1. The first kappa shape index (κ1) is 20.0. The molecule has 7 N–H and O–H groups in total. The third-order valence-electron chi connectivity index (χ3n) is 4.75. The van der Waals surface area contributed by atoms with Crippen molar-refractivity contribution in [2.45, 2.75) is 24.6 Å². The van der Waals surface area contributed by atoms with Gasteiger partial charge in [-0.3, -0.25) is 0 Å². The zero-order valence-corrected chi connectivity index (χ0v) is 15.3. The van der Waals surface area contributed by atoms with Gasteiger partial charge in [-0.25, -0.2) is 4.42 Å². The second-order valence-corrected chi connectivity index (χ2v) is 6.89. The average molecular weight is 419 g/mol. The van der Waals surface area contributed by atoms with Crippen LogP contribution in [0.2, 0.25) is 0 Å². The van der Waals surface area contributed by atoms with Gasteiger partial charge in [-0.2, -0.15) is 0 Å². The number of benzene rings is 2. The molecule has 10 nitrogen and oxygen atoms in total. The lowest BCUT2D eigenvalue weighted by molar-refractivity contribution is -0.242. The summed E-state index contributed by atoms with van der Waals surface area (Å²) in [6.45, 7) is -0.290. The van der Waals surface area contributed by atoms with Crippen molar-refractivity contribution in [2.24, 2.45) is 0 Å². The van der Waals surface area contributed by atoms with Crippen LogP contribution in [0.25, 0.3) is 22.3 Å². The van der Waals surface area contributed by atoms with E-state index in [1.54, 1.807) is 0 Å². The van der Waals surface area contributed by atoms with Crippen molar-refractivity contribution < 1.29 is 49.6 Å². The number of hydrogen-bond donors (Lipinski definition) is 7. The zero-order chi connectivity index (χ0) is 21.6. The Labute approximate surface area is 169 Å². The Hall–Kier alpha value is -3.31. The quantitative estimate of drug-likeness (QED) is 0.240. The van der Waals surface area contributed by atoms with Gasteiger partial charge in [-0.15, -0.1) is 0 Å². The SMILES string of the molecule is Oc1cc(O)c2cc(OC3OC[C@H](O)[C@H](O)[C@H]3O)c(-c3ccc(O)c(O)c3)[o+]c2c1. The molecule has 10 heteroatoms. The van der Waals surface area contributed by atoms with Gasteiger partial charge in [-0.05, 0) is 12.1 Å². The second-order valence-electron chi connectivity index (χ2n) is 6.89. The summed E-state index contributed by atoms with van der Waals surface area (Å²) >= 11 is 0. The molecule has 1 aliphatic heterocycles. The fraction of sp³-hybridized carbons (Fsp3) is 0.250. The molecule has 1 fully saturated rings. The molecule has 0 radical (unpaired) electrons. The van der Waals surface area contributed by atoms with E-state index in [9.17, 15) is 35.7 Å². The van der Waals surface area contributed by atoms with Gasteiger partial charge in [0.1, 0.15) is 35.2 Å². The van der Waals surface area contributed by atoms with Crippen molar-refractivity contribution in [3.8, 4) is 40.1 Å². The van der Waals surface area contributed by atoms with Gasteiger partial charge in [0.05, 0.1) is 18.2 Å². The van der Waals surface area contributed by atoms with E-state index in [2.05, 4.69) is 0 Å². The highest BCUT2D eigenvalue weighted by molar-refractivity contribution is 5.88. The summed E-state index contributed by atoms with van der Waals surface area (Å²) in [6.07, 6.45) is -5.76. The summed E-state index contributed by atoms with van der Waals surface area (Å²) in [5.41, 5.74) is 0.346. The number of phenolic OH excluding ortho intramolecular Hbond substituents is 4. The molecule has 0 saturated carbocycles. The van der Waals surface area contributed by atoms with Crippen LogP contribution >= 0.6 is 0 Å². The van der Waals surface area contributed by atoms with Gasteiger partial charge < -0.3 is 45.2 Å². The summed E-state index contributed by atoms with van der Waals surface area (Å²) in [5, 5.41) is 69.1. The summed E-state index contributed by atoms with van der Waals surface area (Å²) in [6, 6.07) is 7.56. The maximum atomic E-state index is 10.2. The lowest BCUT2D eigenvalue weighted by atomic mass is 10.1. The maximum Gasteiger partial charge on any atom is 0.402 e. The Morgan fingerprint density at radius 2 is 1.63 bits per heavy atom. The number of aromatic hydroxyl groups is 4. The molecule has 1 unspecified atom stereocenters. The molecule has 4 atom stereocenters. The van der Waals surface area contributed by atoms with E-state index in [0.717, 1.165) is 6.07 Å². The molecule has 1 aromatic heterocycles. The fourth-order valence-corrected chi connectivity index (χ4v) is 3.15. The minimum atomic E-state index is -1.58. The third kappa shape index (κ3) is 3.53. The van der Waals surface area contributed by atoms with Gasteiger partial charge in [0.2, 0.25) is 12.0 Å². The molecule has 0 amide bonds. The normalized spacial score (nSPS) is 24.1. The highest BCUT2D eigenvalue weighted by Crippen LogP contribution is 2.41. The van der Waals surface area contributed by atoms with Crippen LogP contribution in [-0.4, -0.2) is 67.0 Å². The molecule has 1 aliphatic rings. The monoisotopic (exact) mass is 419 g/mol. The Morgan fingerprint density at radius 3 is 2.37 bits per heavy atom. The van der Waals surface area contributed by atoms with Crippen molar-refractivity contribution in [3.63, 3.8) is 0 Å². The largest absolute Gasteiger partial charge is 0.507 e. The highest BCUT2D eigenvalue weighted by Gasteiger charge is 2.40. The molecule has 0 aliphatic carbocycles. The smallest absolute Gasteiger partial charge is 0.402 e. The number of hydrogen-bond acceptors (Lipinski definition) is 9. The van der Waals surface area contributed by atoms with Crippen LogP contribution in [0.15, 0.2) is 40.8 Å². The number of aliphatic hydroxyl groups is 3. The van der Waals surface area contributed by atoms with Gasteiger partial charge in [0, 0.05) is 18.2 Å². The van der Waals surface area contributed by atoms with E-state index in [1.165, 1.54) is 30.3 Å². The lowest BCUT2D eigenvalue weighted by Gasteiger charge is -2.34. The van der Waals surface area contributed by atoms with Crippen LogP contribution in [-0.2, 0) is 4.74 Å². The summed E-state index contributed by atoms with van der Waals surface area (Å²) in [7, 11) is 0. The maximum absolute atomic E-state index is 10.2. The van der Waals surface area contributed by atoms with Crippen molar-refractivity contribution in [1.82, 2.24) is 0 Å². The average Bonchev–Trinajstić information content (AvgIpc) is 2.70. The number of fused-ring (bicyclic) bond motifs is 1. The van der Waals surface area contributed by atoms with Gasteiger partial charge in [-0.1, -0.05) is 0 Å². The minimum absolute atomic E-state index is 0.0132. The van der Waals surface area contributed by atoms with Crippen LogP contribution in [0.5, 0.6) is 28.7 Å². The molecule has 0 spiro atoms. The molecule has 30 heavy (non-hydrogen) atoms. The molecule has 158 valence electrons. The molecule has 1 saturated heterocycles. The van der Waals surface area contributed by atoms with Crippen molar-refractivity contribution in [2.75, 3.05) is 6.61 Å². The van der Waals surface area contributed by atoms with E-state index < -0.39 is 30.4 Å². The Bertz CT molecular complexity index is 1100. The van der Waals surface area contributed by atoms with Crippen molar-refractivity contribution in [3.05, 3.63) is 36.4 Å². The molecular weight excluding hydrogens is 400 g/mol. The number of phenols is 4. The first-order chi connectivity index (χ1) is 14.2. The predicted molar refractivity (Wildman–Crippen MR) is 101 cm³/mol. The molecule has 2 heterocycles. The van der Waals surface area contributed by atoms with Gasteiger partial charge in [0.15, 0.2) is 11.5 Å². The van der Waals surface area contributed by atoms with E-state index in [1.807, 2.05) is 0 Å². The van der Waals surface area contributed by atoms with Crippen LogP contribution in [0, 0.1) is 0 Å². The van der Waals surface area contributed by atoms with Crippen LogP contribution in [0.3, 0.4) is 0 Å². The molecule has 3 aromatic rings. The Kier molecular flexibility index (Phi) is 5.00. The van der Waals surface area contributed by atoms with Crippen LogP contribution in [0.1, 0.15) is 0 Å². The van der Waals surface area contributed by atoms with Gasteiger partial charge >= 0.3 is 11.3 Å². The predicted octanol–water partition coefficient (Wildman–Crippen LogP) is 1.02. The van der Waals surface area contributed by atoms with E-state index >= 15 is 0 Å². The van der Waals surface area contributed by atoms with Crippen molar-refractivity contribution in [1.29, 1.82) is 0 Å². The van der Waals surface area contributed by atoms with Gasteiger partial charge in [0.25, 0.3) is 0 Å². The molecular formula is C20H19O10+. The lowest BCUT2D eigenvalue weighted by Crippen LogP contribution is -2.54. The second kappa shape index (κ2) is 7.50. The summed E-state index contributed by atoms with van der Waals surface area (Å²) in [4.78, 5) is 0. The zero-order valence-electron chi connectivity index (χ0n) is 15.3. The van der Waals surface area contributed by atoms with E-state index in [4.69, 9.17) is 13.9 Å². The van der Waals surface area contributed by atoms with Crippen molar-refractivity contribution >= 4 is 11.0 Å². The molecule has 2 aromatic carbocycles. The van der Waals surface area contributed by atoms with Crippen LogP contribution < -0.4 is 4.74 Å². The van der Waals surface area contributed by atoms with E-state index in [-0.39, 0.29) is 51.9 Å². The first-order valence-corrected chi connectivity index (χ1v) is 8.92. The van der Waals surface area contributed by atoms with Crippen LogP contribution in [0.4, 0.5) is 0 Å². The third-order valence-corrected chi connectivity index (χ3v) is 4.75. The first-order valence-electron chi connectivity index (χ1n) is 8.92. The van der Waals surface area contributed by atoms with E-state index in [0.29, 0.717) is 0 Å². The number of ether oxygens (including phenoxy) is 2. The molecule has 0 bridgehead atoms. The highest BCUT2D eigenvalue weighted by atomic mass is 16.7.